The Kier molecular flexibility index (Phi) is 10.9. The minimum Gasteiger partial charge on any atom is -0.390 e. The topological polar surface area (TPSA) is 203 Å². The first kappa shape index (κ1) is 30.0. The lowest BCUT2D eigenvalue weighted by Gasteiger charge is -2.30. The van der Waals surface area contributed by atoms with Crippen molar-refractivity contribution < 1.29 is 47.2 Å². The largest absolute Gasteiger partial charge is 0.406 e. The van der Waals surface area contributed by atoms with Crippen LogP contribution in [0.2, 0.25) is 0 Å². The van der Waals surface area contributed by atoms with Gasteiger partial charge in [-0.15, -0.1) is 0 Å². The number of hydrogen-bond donors (Lipinski definition) is 3. The standard InChI is InChI=1S/C19H34N6O10P2/c1-4-30-31-8-7-24(13-36(27,32-5-2)33-6-3)37(28,29)34-10-15-14(26)9-16(35-15)25-12-23-17-18(20)21-11-22-19(17)25/h11-12,14-16,26H,4-10,13H2,1-3H3,(H,28,29)(H2,20,21,22)/t14?,15-,16-/m1/s1. The predicted octanol–water partition coefficient (Wildman–Crippen LogP) is 1.67. The molecule has 0 aliphatic carbocycles. The van der Waals surface area contributed by atoms with Gasteiger partial charge in [0.25, 0.3) is 0 Å². The molecule has 1 saturated heterocycles. The van der Waals surface area contributed by atoms with E-state index in [2.05, 4.69) is 15.0 Å². The minimum atomic E-state index is -4.58. The van der Waals surface area contributed by atoms with Crippen molar-refractivity contribution in [3.8, 4) is 0 Å². The van der Waals surface area contributed by atoms with Crippen LogP contribution in [0.4, 0.5) is 5.82 Å². The van der Waals surface area contributed by atoms with E-state index in [0.717, 1.165) is 4.67 Å². The number of ether oxygens (including phenoxy) is 1. The number of nitrogen functional groups attached to an aromatic ring is 1. The average molecular weight is 568 g/mol. The zero-order valence-corrected chi connectivity index (χ0v) is 22.7. The lowest BCUT2D eigenvalue weighted by molar-refractivity contribution is -0.291. The summed E-state index contributed by atoms with van der Waals surface area (Å²) in [7, 11) is -8.34. The molecule has 4 N–H and O–H groups in total. The highest BCUT2D eigenvalue weighted by molar-refractivity contribution is 7.56. The maximum atomic E-state index is 13.2. The highest BCUT2D eigenvalue weighted by Gasteiger charge is 2.41. The first-order chi connectivity index (χ1) is 17.6. The Hall–Kier alpha value is -1.55. The Morgan fingerprint density at radius 1 is 1.14 bits per heavy atom. The molecule has 2 aromatic rings. The summed E-state index contributed by atoms with van der Waals surface area (Å²) in [6.45, 7) is 4.63. The molecule has 2 aromatic heterocycles. The molecule has 0 saturated carbocycles. The summed E-state index contributed by atoms with van der Waals surface area (Å²) in [4.78, 5) is 32.7. The smallest absolute Gasteiger partial charge is 0.390 e. The quantitative estimate of drug-likeness (QED) is 0.114. The SMILES string of the molecule is CCOOCCN(CP(=O)(OCC)OCC)P(=O)(O)OC[C@H]1O[C@@H](n2cnc3c(N)ncnc32)CC1O. The second-order valence-electron chi connectivity index (χ2n) is 7.85. The third-order valence-electron chi connectivity index (χ3n) is 5.29. The van der Waals surface area contributed by atoms with Crippen LogP contribution in [-0.4, -0.2) is 92.3 Å². The van der Waals surface area contributed by atoms with Gasteiger partial charge in [-0.1, -0.05) is 0 Å². The van der Waals surface area contributed by atoms with Crippen LogP contribution in [-0.2, 0) is 37.2 Å². The summed E-state index contributed by atoms with van der Waals surface area (Å²) < 4.78 is 50.5. The van der Waals surface area contributed by atoms with E-state index in [1.54, 1.807) is 25.3 Å². The summed E-state index contributed by atoms with van der Waals surface area (Å²) in [6.07, 6.45) is -0.272. The Labute approximate surface area is 214 Å². The van der Waals surface area contributed by atoms with Crippen molar-refractivity contribution in [3.05, 3.63) is 12.7 Å². The van der Waals surface area contributed by atoms with Gasteiger partial charge in [0.05, 0.1) is 45.5 Å². The Bertz CT molecular complexity index is 1100. The molecule has 0 amide bonds. The molecule has 210 valence electrons. The van der Waals surface area contributed by atoms with Crippen LogP contribution in [0.25, 0.3) is 11.2 Å². The molecule has 3 heterocycles. The first-order valence-corrected chi connectivity index (χ1v) is 15.0. The predicted molar refractivity (Wildman–Crippen MR) is 130 cm³/mol. The van der Waals surface area contributed by atoms with E-state index in [1.165, 1.54) is 12.7 Å². The van der Waals surface area contributed by atoms with Gasteiger partial charge >= 0.3 is 15.3 Å². The fourth-order valence-electron chi connectivity index (χ4n) is 3.64. The van der Waals surface area contributed by atoms with Gasteiger partial charge in [-0.3, -0.25) is 13.7 Å². The highest BCUT2D eigenvalue weighted by Crippen LogP contribution is 2.56. The number of aliphatic hydroxyl groups is 1. The third kappa shape index (κ3) is 7.74. The molecule has 1 fully saturated rings. The van der Waals surface area contributed by atoms with Crippen LogP contribution in [0.5, 0.6) is 0 Å². The van der Waals surface area contributed by atoms with Crippen LogP contribution < -0.4 is 5.73 Å². The molecule has 18 heteroatoms. The Morgan fingerprint density at radius 2 is 1.86 bits per heavy atom. The second-order valence-corrected chi connectivity index (χ2v) is 11.7. The lowest BCUT2D eigenvalue weighted by Crippen LogP contribution is -2.31. The summed E-state index contributed by atoms with van der Waals surface area (Å²) >= 11 is 0. The zero-order valence-electron chi connectivity index (χ0n) is 20.9. The summed E-state index contributed by atoms with van der Waals surface area (Å²) in [6, 6.07) is 0. The Balaban J connectivity index is 1.68. The van der Waals surface area contributed by atoms with E-state index in [1.807, 2.05) is 0 Å². The molecule has 37 heavy (non-hydrogen) atoms. The molecule has 16 nitrogen and oxygen atoms in total. The lowest BCUT2D eigenvalue weighted by atomic mass is 10.2. The van der Waals surface area contributed by atoms with Crippen molar-refractivity contribution in [2.75, 3.05) is 51.6 Å². The van der Waals surface area contributed by atoms with Crippen LogP contribution in [0.1, 0.15) is 33.4 Å². The van der Waals surface area contributed by atoms with Crippen LogP contribution in [0, 0.1) is 0 Å². The number of aromatic nitrogens is 4. The van der Waals surface area contributed by atoms with Crippen molar-refractivity contribution >= 4 is 32.3 Å². The number of nitrogens with zero attached hydrogens (tertiary/aromatic N) is 5. The maximum absolute atomic E-state index is 13.2. The number of aliphatic hydroxyl groups excluding tert-OH is 1. The third-order valence-corrected chi connectivity index (χ3v) is 9.04. The van der Waals surface area contributed by atoms with Gasteiger partial charge < -0.3 is 29.5 Å². The van der Waals surface area contributed by atoms with Crippen molar-refractivity contribution in [2.24, 2.45) is 0 Å². The summed E-state index contributed by atoms with van der Waals surface area (Å²) in [5.41, 5.74) is 6.63. The van der Waals surface area contributed by atoms with Gasteiger partial charge in [-0.25, -0.2) is 29.3 Å². The van der Waals surface area contributed by atoms with E-state index >= 15 is 0 Å². The second kappa shape index (κ2) is 13.5. The first-order valence-electron chi connectivity index (χ1n) is 11.8. The van der Waals surface area contributed by atoms with Crippen LogP contribution in [0.3, 0.4) is 0 Å². The molecule has 1 aliphatic heterocycles. The summed E-state index contributed by atoms with van der Waals surface area (Å²) in [5.74, 6) is 0.202. The molecule has 0 aromatic carbocycles. The Morgan fingerprint density at radius 3 is 2.54 bits per heavy atom. The van der Waals surface area contributed by atoms with E-state index in [4.69, 9.17) is 33.8 Å². The zero-order chi connectivity index (χ0) is 27.1. The molecule has 0 spiro atoms. The number of fused-ring (bicyclic) bond motifs is 1. The van der Waals surface area contributed by atoms with E-state index < -0.39 is 46.7 Å². The van der Waals surface area contributed by atoms with E-state index in [9.17, 15) is 19.1 Å². The van der Waals surface area contributed by atoms with Gasteiger partial charge in [0.2, 0.25) is 0 Å². The monoisotopic (exact) mass is 568 g/mol. The van der Waals surface area contributed by atoms with E-state index in [-0.39, 0.29) is 45.2 Å². The maximum Gasteiger partial charge on any atom is 0.406 e. The molecule has 2 unspecified atom stereocenters. The van der Waals surface area contributed by atoms with Crippen molar-refractivity contribution in [1.82, 2.24) is 24.2 Å². The number of imidazole rings is 1. The van der Waals surface area contributed by atoms with Gasteiger partial charge in [0, 0.05) is 13.0 Å². The molecular weight excluding hydrogens is 534 g/mol. The number of anilines is 1. The van der Waals surface area contributed by atoms with Crippen LogP contribution in [0.15, 0.2) is 12.7 Å². The summed E-state index contributed by atoms with van der Waals surface area (Å²) in [5, 5.41) is 10.5. The van der Waals surface area contributed by atoms with E-state index in [0.29, 0.717) is 11.2 Å². The van der Waals surface area contributed by atoms with Crippen molar-refractivity contribution in [2.45, 2.75) is 45.6 Å². The van der Waals surface area contributed by atoms with Crippen molar-refractivity contribution in [3.63, 3.8) is 0 Å². The molecular formula is C19H34N6O10P2. The number of rotatable bonds is 16. The average Bonchev–Trinajstić information content (AvgIpc) is 3.44. The fourth-order valence-corrected chi connectivity index (χ4v) is 7.15. The fraction of sp³-hybridized carbons (Fsp3) is 0.737. The molecule has 0 bridgehead atoms. The van der Waals surface area contributed by atoms with Gasteiger partial charge in [-0.2, -0.15) is 4.67 Å². The minimum absolute atomic E-state index is 0.0696. The van der Waals surface area contributed by atoms with Gasteiger partial charge in [-0.05, 0) is 20.8 Å². The number of nitrogens with two attached hydrogens (primary N) is 1. The van der Waals surface area contributed by atoms with Crippen LogP contribution >= 0.6 is 15.3 Å². The molecule has 4 atom stereocenters. The number of hydrogen-bond acceptors (Lipinski definition) is 13. The molecule has 1 aliphatic rings. The molecule has 3 rings (SSSR count). The highest BCUT2D eigenvalue weighted by atomic mass is 31.2. The van der Waals surface area contributed by atoms with Gasteiger partial charge in [0.15, 0.2) is 11.5 Å². The normalized spacial score (nSPS) is 22.2. The van der Waals surface area contributed by atoms with Crippen molar-refractivity contribution in [1.29, 1.82) is 0 Å². The van der Waals surface area contributed by atoms with Gasteiger partial charge in [0.1, 0.15) is 30.5 Å². The molecule has 0 radical (unpaired) electrons.